The van der Waals surface area contributed by atoms with Crippen molar-refractivity contribution in [3.05, 3.63) is 0 Å². The molecule has 0 heterocycles. The maximum absolute atomic E-state index is 9.37. The molecule has 0 fully saturated rings. The zero-order chi connectivity index (χ0) is 7.70. The molecule has 0 unspecified atom stereocenters. The van der Waals surface area contributed by atoms with Crippen molar-refractivity contribution in [2.45, 2.75) is 17.0 Å². The Labute approximate surface area is 71.9 Å². The van der Waals surface area contributed by atoms with Crippen molar-refractivity contribution < 1.29 is 14.7 Å². The van der Waals surface area contributed by atoms with Crippen LogP contribution in [0.3, 0.4) is 0 Å². The van der Waals surface area contributed by atoms with Gasteiger partial charge in [0.25, 0.3) is 0 Å². The largest absolute Gasteiger partial charge is 0.481 e. The molecule has 0 amide bonds. The van der Waals surface area contributed by atoms with Crippen LogP contribution in [0.4, 0.5) is 0 Å². The predicted molar refractivity (Wildman–Crippen MR) is 34.6 cm³/mol. The topological polar surface area (TPSA) is 54.4 Å². The van der Waals surface area contributed by atoms with E-state index in [-0.39, 0.29) is 6.42 Å². The third-order valence-corrected chi connectivity index (χ3v) is 0.258. The molecule has 0 aromatic carbocycles. The molecular weight excluding hydrogens is 131 g/mol. The van der Waals surface area contributed by atoms with E-state index in [1.54, 1.807) is 0 Å². The molecule has 0 aliphatic carbocycles. The van der Waals surface area contributed by atoms with Crippen LogP contribution in [-0.4, -0.2) is 45.3 Å². The second-order valence-corrected chi connectivity index (χ2v) is 2.89. The maximum Gasteiger partial charge on any atom is 0.310 e. The number of carboxylic acids is 1. The molecule has 48 valence electrons. The van der Waals surface area contributed by atoms with Gasteiger partial charge in [-0.1, -0.05) is 0 Å². The zero-order valence-corrected chi connectivity index (χ0v) is 7.76. The number of aliphatic carboxylic acids is 1. The summed E-state index contributed by atoms with van der Waals surface area (Å²) in [6.45, 7) is 2.19. The molecular formula is C5H9NaO3. The average Bonchev–Trinajstić information content (AvgIpc) is 1.67. The van der Waals surface area contributed by atoms with E-state index in [0.29, 0.717) is 6.29 Å². The van der Waals surface area contributed by atoms with Gasteiger partial charge in [-0.15, -0.1) is 0 Å². The van der Waals surface area contributed by atoms with Crippen LogP contribution in [0.25, 0.3) is 0 Å². The number of aldehydes is 1. The van der Waals surface area contributed by atoms with Crippen LogP contribution >= 0.6 is 0 Å². The first kappa shape index (κ1) is 11.9. The summed E-state index contributed by atoms with van der Waals surface area (Å²) in [7, 11) is 0. The van der Waals surface area contributed by atoms with Gasteiger partial charge < -0.3 is 9.90 Å². The summed E-state index contributed by atoms with van der Waals surface area (Å²) >= 11 is 1.37. The van der Waals surface area contributed by atoms with Gasteiger partial charge in [-0.05, 0) is 0 Å². The van der Waals surface area contributed by atoms with E-state index in [9.17, 15) is 9.59 Å². The third kappa shape index (κ3) is 31.1. The van der Waals surface area contributed by atoms with Gasteiger partial charge in [0, 0.05) is 0 Å². The minimum atomic E-state index is -1.08. The van der Waals surface area contributed by atoms with Gasteiger partial charge in [0.05, 0.1) is 0 Å². The van der Waals surface area contributed by atoms with Crippen LogP contribution in [0.2, 0.25) is 3.67 Å². The van der Waals surface area contributed by atoms with E-state index < -0.39 is 5.97 Å². The second kappa shape index (κ2) is 11.0. The standard InChI is InChI=1S/C3H4O3.C2H5.Na/c4-2-1-3(5)6;1-2;/h2H,1H2,(H,5,6);1H2,2H3;. The molecule has 3 nitrogen and oxygen atoms in total. The molecule has 1 N–H and O–H groups in total. The van der Waals surface area contributed by atoms with E-state index in [1.807, 2.05) is 0 Å². The summed E-state index contributed by atoms with van der Waals surface area (Å²) in [6.07, 6.45) is -0.0394. The van der Waals surface area contributed by atoms with E-state index >= 15 is 0 Å². The molecule has 0 radical (unpaired) electrons. The fraction of sp³-hybridized carbons (Fsp3) is 0.600. The Bertz CT molecular complexity index is 82.3. The van der Waals surface area contributed by atoms with Gasteiger partial charge in [-0.2, -0.15) is 0 Å². The minimum absolute atomic E-state index is 0.350. The van der Waals surface area contributed by atoms with Crippen LogP contribution in [0.5, 0.6) is 0 Å². The van der Waals surface area contributed by atoms with Gasteiger partial charge in [-0.3, -0.25) is 4.79 Å². The summed E-state index contributed by atoms with van der Waals surface area (Å²) in [5, 5.41) is 7.68. The van der Waals surface area contributed by atoms with E-state index in [4.69, 9.17) is 5.11 Å². The third-order valence-electron chi connectivity index (χ3n) is 0.258. The second-order valence-electron chi connectivity index (χ2n) is 1.47. The predicted octanol–water partition coefficient (Wildman–Crippen LogP) is 0.253. The Morgan fingerprint density at radius 1 is 1.78 bits per heavy atom. The summed E-state index contributed by atoms with van der Waals surface area (Å²) in [5.41, 5.74) is 0. The number of rotatable bonds is 2. The van der Waals surface area contributed by atoms with Crippen LogP contribution in [0.15, 0.2) is 0 Å². The molecule has 9 heavy (non-hydrogen) atoms. The Morgan fingerprint density at radius 3 is 2.11 bits per heavy atom. The molecule has 4 heteroatoms. The Kier molecular flexibility index (Phi) is 14.5. The molecule has 0 aromatic heterocycles. The average molecular weight is 140 g/mol. The van der Waals surface area contributed by atoms with Crippen molar-refractivity contribution >= 4 is 40.2 Å². The van der Waals surface area contributed by atoms with Crippen molar-refractivity contribution in [2.75, 3.05) is 0 Å². The zero-order valence-electron chi connectivity index (χ0n) is 5.76. The molecule has 0 rings (SSSR count). The van der Waals surface area contributed by atoms with Gasteiger partial charge in [0.1, 0.15) is 12.7 Å². The number of hydrogen-bond donors (Lipinski definition) is 1. The van der Waals surface area contributed by atoms with Crippen LogP contribution < -0.4 is 0 Å². The molecule has 0 atom stereocenters. The quantitative estimate of drug-likeness (QED) is 0.340. The van der Waals surface area contributed by atoms with Crippen molar-refractivity contribution in [2.24, 2.45) is 0 Å². The van der Waals surface area contributed by atoms with E-state index in [0.717, 1.165) is 0 Å². The molecule has 0 saturated carbocycles. The first-order chi connectivity index (χ1) is 4.18. The van der Waals surface area contributed by atoms with E-state index in [1.165, 1.54) is 31.6 Å². The number of hydrogen-bond acceptors (Lipinski definition) is 2. The molecule has 0 spiro atoms. The van der Waals surface area contributed by atoms with Crippen molar-refractivity contribution in [3.63, 3.8) is 0 Å². The Hall–Kier alpha value is 0.140. The summed E-state index contributed by atoms with van der Waals surface area (Å²) in [6, 6.07) is 0. The molecule has 0 saturated heterocycles. The minimum Gasteiger partial charge on any atom is -0.481 e. The van der Waals surface area contributed by atoms with Crippen LogP contribution in [-0.2, 0) is 9.59 Å². The van der Waals surface area contributed by atoms with Crippen LogP contribution in [0, 0.1) is 0 Å². The number of carbonyl (C=O) groups excluding carboxylic acids is 1. The monoisotopic (exact) mass is 140 g/mol. The first-order valence-corrected chi connectivity index (χ1v) is 4.25. The van der Waals surface area contributed by atoms with E-state index in [2.05, 4.69) is 6.92 Å². The van der Waals surface area contributed by atoms with Gasteiger partial charge in [0.2, 0.25) is 0 Å². The van der Waals surface area contributed by atoms with Crippen molar-refractivity contribution in [1.82, 2.24) is 0 Å². The van der Waals surface area contributed by atoms with Crippen LogP contribution in [0.1, 0.15) is 13.3 Å². The normalized spacial score (nSPS) is 7.00. The molecule has 0 aliphatic heterocycles. The fourth-order valence-electron chi connectivity index (χ4n) is 0.0713. The molecule has 0 bridgehead atoms. The van der Waals surface area contributed by atoms with Crippen molar-refractivity contribution in [3.8, 4) is 0 Å². The smallest absolute Gasteiger partial charge is 0.310 e. The summed E-state index contributed by atoms with van der Waals surface area (Å²) in [5.74, 6) is -1.08. The number of carboxylic acid groups (broad SMARTS) is 1. The van der Waals surface area contributed by atoms with Gasteiger partial charge >= 0.3 is 44.5 Å². The van der Waals surface area contributed by atoms with Crippen molar-refractivity contribution in [1.29, 1.82) is 0 Å². The van der Waals surface area contributed by atoms with Gasteiger partial charge in [-0.25, -0.2) is 0 Å². The molecule has 0 aliphatic rings. The summed E-state index contributed by atoms with van der Waals surface area (Å²) in [4.78, 5) is 18.6. The fourth-order valence-corrected chi connectivity index (χ4v) is 0.0713. The molecule has 0 aromatic rings. The SMILES string of the molecule is C[CH2][Na].O=CCC(=O)O. The number of carbonyl (C=O) groups is 2. The first-order valence-electron chi connectivity index (χ1n) is 2.84. The Morgan fingerprint density at radius 2 is 2.11 bits per heavy atom. The summed E-state index contributed by atoms with van der Waals surface area (Å²) < 4.78 is 1.39. The maximum atomic E-state index is 9.37. The Balaban J connectivity index is 0. The van der Waals surface area contributed by atoms with Gasteiger partial charge in [0.15, 0.2) is 0 Å².